The van der Waals surface area contributed by atoms with Gasteiger partial charge in [-0.05, 0) is 24.3 Å². The monoisotopic (exact) mass is 280 g/mol. The van der Waals surface area contributed by atoms with Crippen molar-refractivity contribution in [1.82, 2.24) is 4.90 Å². The summed E-state index contributed by atoms with van der Waals surface area (Å²) >= 11 is 0. The molecule has 1 rings (SSSR count). The highest BCUT2D eigenvalue weighted by Gasteiger charge is 2.12. The predicted octanol–water partition coefficient (Wildman–Crippen LogP) is 1.45. The van der Waals surface area contributed by atoms with E-state index in [1.54, 1.807) is 26.0 Å². The molecule has 0 aliphatic rings. The Hall–Kier alpha value is -2.37. The second kappa shape index (κ2) is 6.70. The van der Waals surface area contributed by atoms with E-state index in [2.05, 4.69) is 0 Å². The number of nitrogens with zero attached hydrogens (tertiary/aromatic N) is 2. The Morgan fingerprint density at radius 1 is 1.30 bits per heavy atom. The van der Waals surface area contributed by atoms with Gasteiger partial charge in [-0.1, -0.05) is 0 Å². The zero-order valence-electron chi connectivity index (χ0n) is 11.6. The molecule has 1 amide bonds. The molecule has 6 heteroatoms. The van der Waals surface area contributed by atoms with Gasteiger partial charge in [0.15, 0.2) is 0 Å². The fourth-order valence-corrected chi connectivity index (χ4v) is 1.60. The number of carbonyl (C=O) groups is 2. The first-order valence-electron chi connectivity index (χ1n) is 5.93. The molecule has 20 heavy (non-hydrogen) atoms. The molecule has 1 aromatic rings. The molecule has 0 saturated heterocycles. The lowest BCUT2D eigenvalue weighted by atomic mass is 10.1. The standard InChI is InChI=1S/C14H17FN2O3/c1-16(2)13(18)9-17(3)12-6-5-11(15)8-10(12)4-7-14(19)20/h4-8H,9H2,1-3H3,(H,19,20)/b7-4+. The molecule has 108 valence electrons. The summed E-state index contributed by atoms with van der Waals surface area (Å²) < 4.78 is 13.3. The topological polar surface area (TPSA) is 60.9 Å². The van der Waals surface area contributed by atoms with Crippen LogP contribution in [-0.4, -0.2) is 49.6 Å². The molecular weight excluding hydrogens is 263 g/mol. The maximum Gasteiger partial charge on any atom is 0.328 e. The number of rotatable bonds is 5. The Kier molecular flexibility index (Phi) is 5.25. The largest absolute Gasteiger partial charge is 0.478 e. The molecular formula is C14H17FN2O3. The van der Waals surface area contributed by atoms with Crippen molar-refractivity contribution in [2.75, 3.05) is 32.6 Å². The third-order valence-corrected chi connectivity index (χ3v) is 2.68. The highest BCUT2D eigenvalue weighted by Crippen LogP contribution is 2.22. The summed E-state index contributed by atoms with van der Waals surface area (Å²) in [5, 5.41) is 8.64. The normalized spacial score (nSPS) is 10.6. The van der Waals surface area contributed by atoms with E-state index in [0.29, 0.717) is 11.3 Å². The van der Waals surface area contributed by atoms with E-state index in [9.17, 15) is 14.0 Å². The minimum absolute atomic E-state index is 0.106. The first-order valence-corrected chi connectivity index (χ1v) is 5.93. The number of anilines is 1. The Bertz CT molecular complexity index is 541. The first kappa shape index (κ1) is 15.7. The quantitative estimate of drug-likeness (QED) is 0.829. The van der Waals surface area contributed by atoms with Gasteiger partial charge in [0.25, 0.3) is 0 Å². The number of amides is 1. The Labute approximate surface area is 116 Å². The number of halogens is 1. The van der Waals surface area contributed by atoms with Crippen molar-refractivity contribution in [3.8, 4) is 0 Å². The molecule has 1 aromatic carbocycles. The summed E-state index contributed by atoms with van der Waals surface area (Å²) in [5.74, 6) is -1.69. The number of hydrogen-bond donors (Lipinski definition) is 1. The van der Waals surface area contributed by atoms with E-state index in [1.807, 2.05) is 0 Å². The maximum atomic E-state index is 13.3. The predicted molar refractivity (Wildman–Crippen MR) is 75.0 cm³/mol. The molecule has 1 N–H and O–H groups in total. The molecule has 0 aliphatic heterocycles. The van der Waals surface area contributed by atoms with E-state index in [-0.39, 0.29) is 12.5 Å². The lowest BCUT2D eigenvalue weighted by Crippen LogP contribution is -2.34. The molecule has 0 aromatic heterocycles. The molecule has 0 radical (unpaired) electrons. The van der Waals surface area contributed by atoms with Crippen LogP contribution in [0.25, 0.3) is 6.08 Å². The van der Waals surface area contributed by atoms with Gasteiger partial charge in [0, 0.05) is 38.5 Å². The minimum Gasteiger partial charge on any atom is -0.478 e. The van der Waals surface area contributed by atoms with E-state index < -0.39 is 11.8 Å². The van der Waals surface area contributed by atoms with Crippen LogP contribution in [0.15, 0.2) is 24.3 Å². The Morgan fingerprint density at radius 3 is 2.50 bits per heavy atom. The molecule has 0 atom stereocenters. The van der Waals surface area contributed by atoms with Crippen LogP contribution in [0.1, 0.15) is 5.56 Å². The number of carboxylic acid groups (broad SMARTS) is 1. The van der Waals surface area contributed by atoms with Gasteiger partial charge < -0.3 is 14.9 Å². The molecule has 0 bridgehead atoms. The fraction of sp³-hybridized carbons (Fsp3) is 0.286. The smallest absolute Gasteiger partial charge is 0.328 e. The van der Waals surface area contributed by atoms with Crippen LogP contribution in [0, 0.1) is 5.82 Å². The van der Waals surface area contributed by atoms with Gasteiger partial charge in [-0.2, -0.15) is 0 Å². The second-order valence-corrected chi connectivity index (χ2v) is 4.52. The zero-order chi connectivity index (χ0) is 15.3. The SMILES string of the molecule is CN(C)C(=O)CN(C)c1ccc(F)cc1/C=C/C(=O)O. The van der Waals surface area contributed by atoms with Crippen LogP contribution < -0.4 is 4.90 Å². The van der Waals surface area contributed by atoms with Gasteiger partial charge >= 0.3 is 5.97 Å². The number of likely N-dealkylation sites (N-methyl/N-ethyl adjacent to an activating group) is 2. The number of aliphatic carboxylic acids is 1. The molecule has 0 saturated carbocycles. The van der Waals surface area contributed by atoms with Crippen molar-refractivity contribution >= 4 is 23.6 Å². The fourth-order valence-electron chi connectivity index (χ4n) is 1.60. The van der Waals surface area contributed by atoms with Crippen molar-refractivity contribution in [1.29, 1.82) is 0 Å². The van der Waals surface area contributed by atoms with Gasteiger partial charge in [-0.15, -0.1) is 0 Å². The summed E-state index contributed by atoms with van der Waals surface area (Å²) in [4.78, 5) is 25.3. The number of hydrogen-bond acceptors (Lipinski definition) is 3. The summed E-state index contributed by atoms with van der Waals surface area (Å²) in [6, 6.07) is 4.01. The molecule has 0 spiro atoms. The Balaban J connectivity index is 3.04. The van der Waals surface area contributed by atoms with Crippen LogP contribution in [0.4, 0.5) is 10.1 Å². The van der Waals surface area contributed by atoms with Gasteiger partial charge in [0.1, 0.15) is 5.82 Å². The van der Waals surface area contributed by atoms with Gasteiger partial charge in [-0.3, -0.25) is 4.79 Å². The summed E-state index contributed by atoms with van der Waals surface area (Å²) in [6.07, 6.45) is 2.23. The average molecular weight is 280 g/mol. The van der Waals surface area contributed by atoms with E-state index in [1.165, 1.54) is 29.2 Å². The van der Waals surface area contributed by atoms with Gasteiger partial charge in [0.05, 0.1) is 6.54 Å². The third kappa shape index (κ3) is 4.38. The molecule has 0 aliphatic carbocycles. The zero-order valence-corrected chi connectivity index (χ0v) is 11.6. The lowest BCUT2D eigenvalue weighted by molar-refractivity contribution is -0.131. The molecule has 0 heterocycles. The van der Waals surface area contributed by atoms with Crippen molar-refractivity contribution in [2.24, 2.45) is 0 Å². The van der Waals surface area contributed by atoms with Crippen molar-refractivity contribution in [2.45, 2.75) is 0 Å². The third-order valence-electron chi connectivity index (χ3n) is 2.68. The summed E-state index contributed by atoms with van der Waals surface area (Å²) in [5.41, 5.74) is 0.987. The van der Waals surface area contributed by atoms with E-state index in [0.717, 1.165) is 6.08 Å². The minimum atomic E-state index is -1.12. The van der Waals surface area contributed by atoms with Crippen molar-refractivity contribution in [3.05, 3.63) is 35.7 Å². The summed E-state index contributed by atoms with van der Waals surface area (Å²) in [6.45, 7) is 0.118. The van der Waals surface area contributed by atoms with E-state index in [4.69, 9.17) is 5.11 Å². The van der Waals surface area contributed by atoms with Gasteiger partial charge in [0.2, 0.25) is 5.91 Å². The number of benzene rings is 1. The molecule has 0 fully saturated rings. The second-order valence-electron chi connectivity index (χ2n) is 4.52. The van der Waals surface area contributed by atoms with Crippen LogP contribution in [0.5, 0.6) is 0 Å². The highest BCUT2D eigenvalue weighted by atomic mass is 19.1. The Morgan fingerprint density at radius 2 is 1.95 bits per heavy atom. The highest BCUT2D eigenvalue weighted by molar-refractivity contribution is 5.88. The van der Waals surface area contributed by atoms with Gasteiger partial charge in [-0.25, -0.2) is 9.18 Å². The van der Waals surface area contributed by atoms with Crippen LogP contribution in [0.2, 0.25) is 0 Å². The van der Waals surface area contributed by atoms with Crippen molar-refractivity contribution < 1.29 is 19.1 Å². The van der Waals surface area contributed by atoms with E-state index >= 15 is 0 Å². The average Bonchev–Trinajstić information content (AvgIpc) is 2.35. The molecule has 0 unspecified atom stereocenters. The lowest BCUT2D eigenvalue weighted by Gasteiger charge is -2.22. The maximum absolute atomic E-state index is 13.3. The summed E-state index contributed by atoms with van der Waals surface area (Å²) in [7, 11) is 4.98. The van der Waals surface area contributed by atoms with Crippen LogP contribution >= 0.6 is 0 Å². The first-order chi connectivity index (χ1) is 9.31. The number of carbonyl (C=O) groups excluding carboxylic acids is 1. The van der Waals surface area contributed by atoms with Crippen LogP contribution in [0.3, 0.4) is 0 Å². The number of carboxylic acids is 1. The molecule has 5 nitrogen and oxygen atoms in total. The van der Waals surface area contributed by atoms with Crippen LogP contribution in [-0.2, 0) is 9.59 Å². The van der Waals surface area contributed by atoms with Crippen molar-refractivity contribution in [3.63, 3.8) is 0 Å².